The number of benzene rings is 2. The zero-order valence-electron chi connectivity index (χ0n) is 13.3. The number of carbonyl (C=O) groups is 1. The number of halogens is 1. The summed E-state index contributed by atoms with van der Waals surface area (Å²) in [6.07, 6.45) is 0.927. The third-order valence-corrected chi connectivity index (χ3v) is 4.04. The molecule has 0 atom stereocenters. The molecule has 0 saturated carbocycles. The predicted octanol–water partition coefficient (Wildman–Crippen LogP) is 4.04. The number of hydrogen-bond donors (Lipinski definition) is 2. The van der Waals surface area contributed by atoms with E-state index < -0.39 is 0 Å². The number of hydrogen-bond acceptors (Lipinski definition) is 3. The van der Waals surface area contributed by atoms with E-state index >= 15 is 0 Å². The molecule has 0 aromatic heterocycles. The fourth-order valence-electron chi connectivity index (χ4n) is 1.97. The molecule has 4 nitrogen and oxygen atoms in total. The van der Waals surface area contributed by atoms with Crippen LogP contribution in [-0.4, -0.2) is 17.6 Å². The highest BCUT2D eigenvalue weighted by Crippen LogP contribution is 2.26. The van der Waals surface area contributed by atoms with Crippen molar-refractivity contribution in [2.24, 2.45) is 0 Å². The van der Waals surface area contributed by atoms with Crippen LogP contribution >= 0.6 is 28.1 Å². The zero-order valence-corrected chi connectivity index (χ0v) is 15.7. The van der Waals surface area contributed by atoms with Crippen molar-refractivity contribution in [3.05, 3.63) is 64.1 Å². The molecule has 0 fully saturated rings. The van der Waals surface area contributed by atoms with E-state index in [4.69, 9.17) is 17.0 Å². The van der Waals surface area contributed by atoms with Gasteiger partial charge < -0.3 is 10.1 Å². The summed E-state index contributed by atoms with van der Waals surface area (Å²) < 4.78 is 6.31. The van der Waals surface area contributed by atoms with Gasteiger partial charge in [-0.05, 0) is 58.3 Å². The van der Waals surface area contributed by atoms with E-state index in [0.717, 1.165) is 22.2 Å². The van der Waals surface area contributed by atoms with E-state index in [1.165, 1.54) is 0 Å². The monoisotopic (exact) mass is 406 g/mol. The van der Waals surface area contributed by atoms with E-state index in [9.17, 15) is 4.79 Å². The van der Waals surface area contributed by atoms with E-state index in [1.54, 1.807) is 18.2 Å². The normalized spacial score (nSPS) is 10.1. The molecule has 2 aromatic carbocycles. The van der Waals surface area contributed by atoms with E-state index in [1.807, 2.05) is 37.3 Å². The van der Waals surface area contributed by atoms with Gasteiger partial charge in [-0.15, -0.1) is 0 Å². The highest BCUT2D eigenvalue weighted by atomic mass is 79.9. The summed E-state index contributed by atoms with van der Waals surface area (Å²) in [4.78, 5) is 12.2. The van der Waals surface area contributed by atoms with E-state index in [2.05, 4.69) is 26.6 Å². The van der Waals surface area contributed by atoms with Crippen molar-refractivity contribution in [1.82, 2.24) is 10.6 Å². The average molecular weight is 407 g/mol. The lowest BCUT2D eigenvalue weighted by Gasteiger charge is -2.11. The fraction of sp³-hybridized carbons (Fsp3) is 0.222. The maximum atomic E-state index is 12.2. The standard InChI is InChI=1S/C18H19BrN2O2S/c1-2-10-23-16-9-8-14(11-15(16)19)17(22)21-18(24)20-12-13-6-4-3-5-7-13/h3-9,11H,2,10,12H2,1H3,(H2,20,21,22,24). The lowest BCUT2D eigenvalue weighted by Crippen LogP contribution is -2.38. The molecule has 24 heavy (non-hydrogen) atoms. The minimum atomic E-state index is -0.261. The number of rotatable bonds is 6. The molecule has 0 aliphatic carbocycles. The van der Waals surface area contributed by atoms with Crippen LogP contribution in [0.4, 0.5) is 0 Å². The molecule has 0 radical (unpaired) electrons. The van der Waals surface area contributed by atoms with Gasteiger partial charge in [-0.25, -0.2) is 0 Å². The second kappa shape index (κ2) is 9.39. The molecular weight excluding hydrogens is 388 g/mol. The van der Waals surface area contributed by atoms with Gasteiger partial charge in [0.2, 0.25) is 0 Å². The van der Waals surface area contributed by atoms with Crippen LogP contribution in [0, 0.1) is 0 Å². The molecule has 0 aliphatic rings. The summed E-state index contributed by atoms with van der Waals surface area (Å²) in [5.74, 6) is 0.460. The van der Waals surface area contributed by atoms with Crippen LogP contribution < -0.4 is 15.4 Å². The molecule has 2 N–H and O–H groups in total. The van der Waals surface area contributed by atoms with Crippen LogP contribution in [0.1, 0.15) is 29.3 Å². The quantitative estimate of drug-likeness (QED) is 0.710. The van der Waals surface area contributed by atoms with Crippen LogP contribution in [0.2, 0.25) is 0 Å². The van der Waals surface area contributed by atoms with Gasteiger partial charge in [0.25, 0.3) is 5.91 Å². The Labute approximate surface area is 155 Å². The smallest absolute Gasteiger partial charge is 0.257 e. The first-order valence-electron chi connectivity index (χ1n) is 7.65. The number of ether oxygens (including phenoxy) is 1. The largest absolute Gasteiger partial charge is 0.492 e. The number of thiocarbonyl (C=S) groups is 1. The number of amides is 1. The Kier molecular flexibility index (Phi) is 7.21. The minimum absolute atomic E-state index is 0.261. The lowest BCUT2D eigenvalue weighted by molar-refractivity contribution is 0.0976. The lowest BCUT2D eigenvalue weighted by atomic mass is 10.2. The Balaban J connectivity index is 1.89. The van der Waals surface area contributed by atoms with Crippen molar-refractivity contribution in [3.8, 4) is 5.75 Å². The van der Waals surface area contributed by atoms with Crippen LogP contribution in [0.3, 0.4) is 0 Å². The van der Waals surface area contributed by atoms with Gasteiger partial charge in [0.1, 0.15) is 5.75 Å². The first-order chi connectivity index (χ1) is 11.6. The van der Waals surface area contributed by atoms with Gasteiger partial charge in [0.05, 0.1) is 11.1 Å². The number of carbonyl (C=O) groups excluding carboxylic acids is 1. The summed E-state index contributed by atoms with van der Waals surface area (Å²) in [5, 5.41) is 5.99. The third kappa shape index (κ3) is 5.62. The highest BCUT2D eigenvalue weighted by Gasteiger charge is 2.10. The molecule has 0 heterocycles. The minimum Gasteiger partial charge on any atom is -0.492 e. The third-order valence-electron chi connectivity index (χ3n) is 3.18. The van der Waals surface area contributed by atoms with Crippen molar-refractivity contribution < 1.29 is 9.53 Å². The maximum absolute atomic E-state index is 12.2. The molecule has 0 bridgehead atoms. The molecule has 0 saturated heterocycles. The molecular formula is C18H19BrN2O2S. The van der Waals surface area contributed by atoms with Crippen LogP contribution in [-0.2, 0) is 6.54 Å². The van der Waals surface area contributed by atoms with Crippen molar-refractivity contribution in [3.63, 3.8) is 0 Å². The second-order valence-corrected chi connectivity index (χ2v) is 6.38. The van der Waals surface area contributed by atoms with Crippen LogP contribution in [0.25, 0.3) is 0 Å². The predicted molar refractivity (Wildman–Crippen MR) is 103 cm³/mol. The Morgan fingerprint density at radius 1 is 1.21 bits per heavy atom. The van der Waals surface area contributed by atoms with E-state index in [-0.39, 0.29) is 5.91 Å². The van der Waals surface area contributed by atoms with Gasteiger partial charge >= 0.3 is 0 Å². The number of nitrogens with one attached hydrogen (secondary N) is 2. The van der Waals surface area contributed by atoms with Gasteiger partial charge in [-0.1, -0.05) is 37.3 Å². The Hall–Kier alpha value is -1.92. The van der Waals surface area contributed by atoms with Crippen LogP contribution in [0.15, 0.2) is 53.0 Å². The average Bonchev–Trinajstić information content (AvgIpc) is 2.59. The molecule has 1 amide bonds. The first-order valence-corrected chi connectivity index (χ1v) is 8.85. The Morgan fingerprint density at radius 3 is 2.62 bits per heavy atom. The van der Waals surface area contributed by atoms with Gasteiger partial charge in [-0.2, -0.15) is 0 Å². The SMILES string of the molecule is CCCOc1ccc(C(=O)NC(=S)NCc2ccccc2)cc1Br. The summed E-state index contributed by atoms with van der Waals surface area (Å²) in [6, 6.07) is 15.1. The van der Waals surface area contributed by atoms with Gasteiger partial charge in [0, 0.05) is 12.1 Å². The zero-order chi connectivity index (χ0) is 17.4. The molecule has 0 aliphatic heterocycles. The molecule has 0 unspecified atom stereocenters. The first kappa shape index (κ1) is 18.4. The fourth-order valence-corrected chi connectivity index (χ4v) is 2.63. The maximum Gasteiger partial charge on any atom is 0.257 e. The molecule has 6 heteroatoms. The summed E-state index contributed by atoms with van der Waals surface area (Å²) in [5.41, 5.74) is 1.60. The highest BCUT2D eigenvalue weighted by molar-refractivity contribution is 9.10. The van der Waals surface area contributed by atoms with Gasteiger partial charge in [0.15, 0.2) is 5.11 Å². The Bertz CT molecular complexity index is 707. The topological polar surface area (TPSA) is 50.4 Å². The van der Waals surface area contributed by atoms with Crippen molar-refractivity contribution in [2.45, 2.75) is 19.9 Å². The second-order valence-electron chi connectivity index (χ2n) is 5.12. The van der Waals surface area contributed by atoms with Crippen LogP contribution in [0.5, 0.6) is 5.75 Å². The molecule has 0 spiro atoms. The summed E-state index contributed by atoms with van der Waals surface area (Å²) >= 11 is 8.59. The molecule has 2 aromatic rings. The molecule has 126 valence electrons. The summed E-state index contributed by atoms with van der Waals surface area (Å²) in [7, 11) is 0. The van der Waals surface area contributed by atoms with Gasteiger partial charge in [-0.3, -0.25) is 10.1 Å². The summed E-state index contributed by atoms with van der Waals surface area (Å²) in [6.45, 7) is 3.24. The van der Waals surface area contributed by atoms with Crippen molar-refractivity contribution >= 4 is 39.2 Å². The Morgan fingerprint density at radius 2 is 1.96 bits per heavy atom. The van der Waals surface area contributed by atoms with Crippen molar-refractivity contribution in [1.29, 1.82) is 0 Å². The van der Waals surface area contributed by atoms with E-state index in [0.29, 0.717) is 23.8 Å². The van der Waals surface area contributed by atoms with Crippen molar-refractivity contribution in [2.75, 3.05) is 6.61 Å². The molecule has 2 rings (SSSR count).